The Labute approximate surface area is 113 Å². The summed E-state index contributed by atoms with van der Waals surface area (Å²) in [4.78, 5) is 2.51. The van der Waals surface area contributed by atoms with E-state index >= 15 is 0 Å². The van der Waals surface area contributed by atoms with E-state index < -0.39 is 0 Å². The molecule has 1 aromatic carbocycles. The van der Waals surface area contributed by atoms with E-state index in [0.29, 0.717) is 13.2 Å². The number of benzene rings is 1. The van der Waals surface area contributed by atoms with E-state index in [1.54, 1.807) is 0 Å². The van der Waals surface area contributed by atoms with Crippen LogP contribution in [0.3, 0.4) is 0 Å². The van der Waals surface area contributed by atoms with Crippen LogP contribution in [-0.4, -0.2) is 39.4 Å². The Balaban J connectivity index is 1.58. The van der Waals surface area contributed by atoms with Gasteiger partial charge in [0.2, 0.25) is 0 Å². The van der Waals surface area contributed by atoms with Gasteiger partial charge in [-0.2, -0.15) is 0 Å². The van der Waals surface area contributed by atoms with E-state index in [9.17, 15) is 0 Å². The van der Waals surface area contributed by atoms with Gasteiger partial charge in [0.05, 0.1) is 0 Å². The fourth-order valence-corrected chi connectivity index (χ4v) is 3.55. The molecule has 0 spiro atoms. The van der Waals surface area contributed by atoms with Crippen LogP contribution in [0.15, 0.2) is 18.2 Å². The minimum absolute atomic E-state index is 0.658. The van der Waals surface area contributed by atoms with Crippen molar-refractivity contribution in [2.45, 2.75) is 6.42 Å². The molecule has 1 aromatic rings. The minimum Gasteiger partial charge on any atom is -0.486 e. The third kappa shape index (κ3) is 2.14. The lowest BCUT2D eigenvalue weighted by molar-refractivity contribution is 0.171. The van der Waals surface area contributed by atoms with Crippen molar-refractivity contribution in [2.75, 3.05) is 44.3 Å². The van der Waals surface area contributed by atoms with E-state index in [-0.39, 0.29) is 0 Å². The number of hydrogen-bond donors (Lipinski definition) is 1. The predicted octanol–water partition coefficient (Wildman–Crippen LogP) is 1.50. The van der Waals surface area contributed by atoms with Gasteiger partial charge in [0.25, 0.3) is 0 Å². The fraction of sp³-hybridized carbons (Fsp3) is 0.600. The molecule has 3 heterocycles. The molecule has 2 atom stereocenters. The number of fused-ring (bicyclic) bond motifs is 3. The zero-order valence-electron chi connectivity index (χ0n) is 11.1. The molecule has 19 heavy (non-hydrogen) atoms. The van der Waals surface area contributed by atoms with E-state index in [1.165, 1.54) is 12.1 Å². The second-order valence-corrected chi connectivity index (χ2v) is 5.86. The maximum atomic E-state index is 5.68. The van der Waals surface area contributed by atoms with Gasteiger partial charge in [-0.3, -0.25) is 0 Å². The van der Waals surface area contributed by atoms with Crippen LogP contribution in [-0.2, 0) is 0 Å². The molecule has 0 amide bonds. The van der Waals surface area contributed by atoms with Crippen molar-refractivity contribution in [1.82, 2.24) is 5.32 Å². The van der Waals surface area contributed by atoms with Gasteiger partial charge in [-0.15, -0.1) is 0 Å². The maximum absolute atomic E-state index is 5.68. The summed E-state index contributed by atoms with van der Waals surface area (Å²) in [6.07, 6.45) is 1.38. The maximum Gasteiger partial charge on any atom is 0.163 e. The van der Waals surface area contributed by atoms with E-state index in [2.05, 4.69) is 22.3 Å². The Morgan fingerprint density at radius 1 is 1.00 bits per heavy atom. The summed E-state index contributed by atoms with van der Waals surface area (Å²) >= 11 is 0. The second-order valence-electron chi connectivity index (χ2n) is 5.86. The number of nitrogens with one attached hydrogen (secondary N) is 1. The molecular formula is C15H20N2O2. The SMILES string of the molecule is c1cc2c(cc1N1CC3CNCC(C3)C1)OCCO2. The Bertz CT molecular complexity index is 465. The molecule has 3 aliphatic heterocycles. The number of nitrogens with zero attached hydrogens (tertiary/aromatic N) is 1. The number of anilines is 1. The van der Waals surface area contributed by atoms with Gasteiger partial charge < -0.3 is 19.7 Å². The number of hydrogen-bond acceptors (Lipinski definition) is 4. The van der Waals surface area contributed by atoms with Gasteiger partial charge in [0.15, 0.2) is 11.5 Å². The molecule has 102 valence electrons. The summed E-state index contributed by atoms with van der Waals surface area (Å²) in [5, 5.41) is 3.54. The van der Waals surface area contributed by atoms with E-state index in [4.69, 9.17) is 9.47 Å². The first kappa shape index (κ1) is 11.4. The summed E-state index contributed by atoms with van der Waals surface area (Å²) in [6, 6.07) is 6.36. The molecule has 2 saturated heterocycles. The van der Waals surface area contributed by atoms with Crippen LogP contribution in [0.5, 0.6) is 11.5 Å². The Hall–Kier alpha value is -1.42. The van der Waals surface area contributed by atoms with Gasteiger partial charge in [0, 0.05) is 24.8 Å². The summed E-state index contributed by atoms with van der Waals surface area (Å²) < 4.78 is 11.3. The van der Waals surface area contributed by atoms with E-state index in [1.807, 2.05) is 6.07 Å². The molecule has 4 rings (SSSR count). The van der Waals surface area contributed by atoms with Crippen LogP contribution in [0.1, 0.15) is 6.42 Å². The molecule has 0 aromatic heterocycles. The topological polar surface area (TPSA) is 33.7 Å². The van der Waals surface area contributed by atoms with Crippen LogP contribution in [0.4, 0.5) is 5.69 Å². The van der Waals surface area contributed by atoms with Gasteiger partial charge >= 0.3 is 0 Å². The molecule has 0 aliphatic carbocycles. The molecular weight excluding hydrogens is 240 g/mol. The van der Waals surface area contributed by atoms with Gasteiger partial charge in [-0.1, -0.05) is 0 Å². The molecule has 1 N–H and O–H groups in total. The third-order valence-electron chi connectivity index (χ3n) is 4.38. The van der Waals surface area contributed by atoms with Crippen molar-refractivity contribution in [1.29, 1.82) is 0 Å². The Morgan fingerprint density at radius 3 is 2.53 bits per heavy atom. The molecule has 4 heteroatoms. The lowest BCUT2D eigenvalue weighted by Crippen LogP contribution is -2.51. The molecule has 2 bridgehead atoms. The van der Waals surface area contributed by atoms with Crippen LogP contribution >= 0.6 is 0 Å². The van der Waals surface area contributed by atoms with Crippen molar-refractivity contribution in [3.63, 3.8) is 0 Å². The second kappa shape index (κ2) is 4.60. The number of ether oxygens (including phenoxy) is 2. The Kier molecular flexibility index (Phi) is 2.76. The average molecular weight is 260 g/mol. The van der Waals surface area contributed by atoms with Gasteiger partial charge in [-0.05, 0) is 43.5 Å². The highest BCUT2D eigenvalue weighted by Gasteiger charge is 2.30. The summed E-state index contributed by atoms with van der Waals surface area (Å²) in [7, 11) is 0. The molecule has 3 aliphatic rings. The van der Waals surface area contributed by atoms with Crippen molar-refractivity contribution in [2.24, 2.45) is 11.8 Å². The van der Waals surface area contributed by atoms with Gasteiger partial charge in [-0.25, -0.2) is 0 Å². The van der Waals surface area contributed by atoms with Crippen molar-refractivity contribution < 1.29 is 9.47 Å². The Morgan fingerprint density at radius 2 is 1.74 bits per heavy atom. The highest BCUT2D eigenvalue weighted by molar-refractivity contribution is 5.57. The molecule has 0 radical (unpaired) electrons. The van der Waals surface area contributed by atoms with Crippen LogP contribution in [0.2, 0.25) is 0 Å². The van der Waals surface area contributed by atoms with Crippen molar-refractivity contribution in [3.8, 4) is 11.5 Å². The first-order valence-electron chi connectivity index (χ1n) is 7.24. The highest BCUT2D eigenvalue weighted by Crippen LogP contribution is 2.36. The molecule has 2 fully saturated rings. The number of piperidine rings is 2. The normalized spacial score (nSPS) is 29.2. The average Bonchev–Trinajstić information content (AvgIpc) is 2.46. The van der Waals surface area contributed by atoms with Crippen LogP contribution in [0.25, 0.3) is 0 Å². The smallest absolute Gasteiger partial charge is 0.163 e. The first-order chi connectivity index (χ1) is 9.38. The highest BCUT2D eigenvalue weighted by atomic mass is 16.6. The van der Waals surface area contributed by atoms with Crippen LogP contribution < -0.4 is 19.7 Å². The van der Waals surface area contributed by atoms with Gasteiger partial charge in [0.1, 0.15) is 13.2 Å². The van der Waals surface area contributed by atoms with E-state index in [0.717, 1.165) is 49.5 Å². The minimum atomic E-state index is 0.658. The zero-order chi connectivity index (χ0) is 12.7. The summed E-state index contributed by atoms with van der Waals surface area (Å²) in [6.45, 7) is 5.96. The van der Waals surface area contributed by atoms with Crippen molar-refractivity contribution in [3.05, 3.63) is 18.2 Å². The predicted molar refractivity (Wildman–Crippen MR) is 74.1 cm³/mol. The molecule has 2 unspecified atom stereocenters. The lowest BCUT2D eigenvalue weighted by atomic mass is 9.85. The monoisotopic (exact) mass is 260 g/mol. The standard InChI is InChI=1S/C15H20N2O2/c1-2-14-15(19-4-3-18-14)6-13(1)17-9-11-5-12(10-17)8-16-7-11/h1-2,6,11-12,16H,3-5,7-10H2. The lowest BCUT2D eigenvalue weighted by Gasteiger charge is -2.43. The summed E-state index contributed by atoms with van der Waals surface area (Å²) in [5.41, 5.74) is 1.28. The quantitative estimate of drug-likeness (QED) is 0.830. The first-order valence-corrected chi connectivity index (χ1v) is 7.24. The molecule has 4 nitrogen and oxygen atoms in total. The number of rotatable bonds is 1. The summed E-state index contributed by atoms with van der Waals surface area (Å²) in [5.74, 6) is 3.37. The fourth-order valence-electron chi connectivity index (χ4n) is 3.55. The van der Waals surface area contributed by atoms with Crippen LogP contribution in [0, 0.1) is 11.8 Å². The molecule has 0 saturated carbocycles. The van der Waals surface area contributed by atoms with Crippen molar-refractivity contribution >= 4 is 5.69 Å². The largest absolute Gasteiger partial charge is 0.486 e. The zero-order valence-corrected chi connectivity index (χ0v) is 11.1. The third-order valence-corrected chi connectivity index (χ3v) is 4.38.